The summed E-state index contributed by atoms with van der Waals surface area (Å²) in [6, 6.07) is 60.3. The molecule has 0 amide bonds. The summed E-state index contributed by atoms with van der Waals surface area (Å²) in [6.45, 7) is 0. The first-order valence-corrected chi connectivity index (χ1v) is 17.3. The van der Waals surface area contributed by atoms with E-state index in [2.05, 4.69) is 144 Å². The van der Waals surface area contributed by atoms with Crippen LogP contribution >= 0.6 is 11.3 Å². The average Bonchev–Trinajstić information content (AvgIpc) is 3.77. The first kappa shape index (κ1) is 27.8. The fourth-order valence-corrected chi connectivity index (χ4v) is 8.32. The van der Waals surface area contributed by atoms with Gasteiger partial charge in [-0.3, -0.25) is 0 Å². The average molecular weight is 645 g/mol. The lowest BCUT2D eigenvalue weighted by molar-refractivity contribution is 0.623. The zero-order valence-corrected chi connectivity index (χ0v) is 27.2. The van der Waals surface area contributed by atoms with E-state index in [1.54, 1.807) is 0 Å². The van der Waals surface area contributed by atoms with Crippen LogP contribution in [0.2, 0.25) is 0 Å². The van der Waals surface area contributed by atoms with Crippen LogP contribution in [0, 0.1) is 0 Å². The molecule has 0 spiro atoms. The topological polar surface area (TPSA) is 29.3 Å². The van der Waals surface area contributed by atoms with Gasteiger partial charge < -0.3 is 9.32 Å². The molecule has 0 aliphatic carbocycles. The second-order valence-corrected chi connectivity index (χ2v) is 13.5. The molecule has 0 bridgehead atoms. The summed E-state index contributed by atoms with van der Waals surface area (Å²) in [4.78, 5) is 7.32. The van der Waals surface area contributed by atoms with Crippen LogP contribution in [0.25, 0.3) is 75.4 Å². The van der Waals surface area contributed by atoms with Crippen LogP contribution in [0.5, 0.6) is 0 Å². The number of fused-ring (bicyclic) bond motifs is 8. The maximum atomic E-state index is 6.69. The molecule has 0 saturated heterocycles. The van der Waals surface area contributed by atoms with Crippen molar-refractivity contribution in [2.24, 2.45) is 0 Å². The molecule has 4 heteroatoms. The van der Waals surface area contributed by atoms with Gasteiger partial charge in [0.1, 0.15) is 5.52 Å². The summed E-state index contributed by atoms with van der Waals surface area (Å²) in [5.74, 6) is 0.625. The molecule has 230 valence electrons. The minimum atomic E-state index is 0.625. The van der Waals surface area contributed by atoms with Gasteiger partial charge >= 0.3 is 0 Å². The normalized spacial score (nSPS) is 11.7. The third-order valence-corrected chi connectivity index (χ3v) is 10.6. The Bertz CT molecular complexity index is 2820. The van der Waals surface area contributed by atoms with Crippen LogP contribution in [-0.2, 0) is 0 Å². The Morgan fingerprint density at radius 3 is 1.94 bits per heavy atom. The lowest BCUT2D eigenvalue weighted by atomic mass is 9.92. The summed E-state index contributed by atoms with van der Waals surface area (Å²) in [5, 5.41) is 7.07. The first-order chi connectivity index (χ1) is 24.3. The summed E-state index contributed by atoms with van der Waals surface area (Å²) < 4.78 is 9.27. The molecular formula is C45H28N2OS. The van der Waals surface area contributed by atoms with Crippen molar-refractivity contribution in [2.75, 3.05) is 4.90 Å². The van der Waals surface area contributed by atoms with Gasteiger partial charge in [0, 0.05) is 48.2 Å². The van der Waals surface area contributed by atoms with E-state index in [1.165, 1.54) is 31.3 Å². The van der Waals surface area contributed by atoms with E-state index in [9.17, 15) is 0 Å². The van der Waals surface area contributed by atoms with Crippen LogP contribution < -0.4 is 4.90 Å². The highest BCUT2D eigenvalue weighted by Crippen LogP contribution is 2.44. The summed E-state index contributed by atoms with van der Waals surface area (Å²) in [6.07, 6.45) is 0. The predicted octanol–water partition coefficient (Wildman–Crippen LogP) is 13.3. The van der Waals surface area contributed by atoms with Crippen LogP contribution in [0.15, 0.2) is 174 Å². The van der Waals surface area contributed by atoms with Crippen LogP contribution in [-0.4, -0.2) is 4.98 Å². The Morgan fingerprint density at radius 2 is 1.12 bits per heavy atom. The number of hydrogen-bond donors (Lipinski definition) is 0. The number of anilines is 3. The second kappa shape index (κ2) is 11.2. The third kappa shape index (κ3) is 4.61. The van der Waals surface area contributed by atoms with Gasteiger partial charge in [0.15, 0.2) is 5.58 Å². The molecule has 49 heavy (non-hydrogen) atoms. The van der Waals surface area contributed by atoms with E-state index in [0.29, 0.717) is 5.89 Å². The molecule has 0 unspecified atom stereocenters. The van der Waals surface area contributed by atoms with E-state index >= 15 is 0 Å². The Kier molecular flexibility index (Phi) is 6.36. The van der Waals surface area contributed by atoms with Gasteiger partial charge in [-0.2, -0.15) is 0 Å². The SMILES string of the molecule is c1ccc(-c2nc3ccc4c(-c5ccccc5)cc5ccc(N(c6ccccc6)c6ccc7c(c6)sc6ccccc67)cc5c4c3o2)cc1. The highest BCUT2D eigenvalue weighted by Gasteiger charge is 2.20. The van der Waals surface area contributed by atoms with Crippen molar-refractivity contribution in [1.82, 2.24) is 4.98 Å². The van der Waals surface area contributed by atoms with Crippen LogP contribution in [0.4, 0.5) is 17.1 Å². The number of benzene rings is 8. The quantitative estimate of drug-likeness (QED) is 0.175. The Labute approximate surface area is 286 Å². The summed E-state index contributed by atoms with van der Waals surface area (Å²) >= 11 is 1.84. The largest absolute Gasteiger partial charge is 0.435 e. The minimum Gasteiger partial charge on any atom is -0.435 e. The molecule has 10 aromatic rings. The molecule has 0 N–H and O–H groups in total. The maximum absolute atomic E-state index is 6.69. The number of thiophene rings is 1. The maximum Gasteiger partial charge on any atom is 0.227 e. The molecule has 2 aromatic heterocycles. The zero-order valence-electron chi connectivity index (χ0n) is 26.4. The van der Waals surface area contributed by atoms with Crippen molar-refractivity contribution >= 4 is 81.2 Å². The summed E-state index contributed by atoms with van der Waals surface area (Å²) in [7, 11) is 0. The van der Waals surface area contributed by atoms with E-state index in [1.807, 2.05) is 41.7 Å². The minimum absolute atomic E-state index is 0.625. The molecule has 10 rings (SSSR count). The number of nitrogens with zero attached hydrogens (tertiary/aromatic N) is 2. The molecule has 0 fully saturated rings. The molecule has 0 aliphatic rings. The van der Waals surface area contributed by atoms with Crippen molar-refractivity contribution in [3.05, 3.63) is 170 Å². The predicted molar refractivity (Wildman–Crippen MR) is 207 cm³/mol. The summed E-state index contributed by atoms with van der Waals surface area (Å²) in [5.41, 5.74) is 8.24. The van der Waals surface area contributed by atoms with Gasteiger partial charge in [-0.1, -0.05) is 103 Å². The second-order valence-electron chi connectivity index (χ2n) is 12.4. The third-order valence-electron chi connectivity index (χ3n) is 9.45. The number of rotatable bonds is 5. The van der Waals surface area contributed by atoms with E-state index < -0.39 is 0 Å². The molecular weight excluding hydrogens is 617 g/mol. The van der Waals surface area contributed by atoms with Gasteiger partial charge in [0.2, 0.25) is 5.89 Å². The highest BCUT2D eigenvalue weighted by atomic mass is 32.1. The van der Waals surface area contributed by atoms with Gasteiger partial charge in [-0.05, 0) is 94.0 Å². The fraction of sp³-hybridized carbons (Fsp3) is 0. The smallest absolute Gasteiger partial charge is 0.227 e. The standard InChI is InChI=1S/C45H28N2OS/c1-4-12-29(13-5-1)38-26-31-20-21-33(27-39(31)43-37(38)24-25-40-44(43)48-45(46-40)30-14-6-2-7-15-30)47(32-16-8-3-9-17-32)34-22-23-36-35-18-10-11-19-41(35)49-42(36)28-34/h1-28H. The molecule has 3 nitrogen and oxygen atoms in total. The van der Waals surface area contributed by atoms with Crippen molar-refractivity contribution in [2.45, 2.75) is 0 Å². The number of hydrogen-bond acceptors (Lipinski definition) is 4. The van der Waals surface area contributed by atoms with Gasteiger partial charge in [-0.15, -0.1) is 11.3 Å². The molecule has 2 heterocycles. The first-order valence-electron chi connectivity index (χ1n) is 16.5. The number of oxazole rings is 1. The molecule has 0 atom stereocenters. The lowest BCUT2D eigenvalue weighted by Gasteiger charge is -2.26. The fourth-order valence-electron chi connectivity index (χ4n) is 7.18. The zero-order chi connectivity index (χ0) is 32.3. The van der Waals surface area contributed by atoms with Crippen molar-refractivity contribution < 1.29 is 4.42 Å². The molecule has 0 radical (unpaired) electrons. The van der Waals surface area contributed by atoms with E-state index in [4.69, 9.17) is 9.40 Å². The Hall–Kier alpha value is -6.23. The Morgan fingerprint density at radius 1 is 0.469 bits per heavy atom. The van der Waals surface area contributed by atoms with Crippen molar-refractivity contribution in [3.63, 3.8) is 0 Å². The molecule has 0 saturated carbocycles. The van der Waals surface area contributed by atoms with Crippen molar-refractivity contribution in [3.8, 4) is 22.6 Å². The van der Waals surface area contributed by atoms with Crippen LogP contribution in [0.3, 0.4) is 0 Å². The monoisotopic (exact) mass is 644 g/mol. The van der Waals surface area contributed by atoms with Crippen molar-refractivity contribution in [1.29, 1.82) is 0 Å². The highest BCUT2D eigenvalue weighted by molar-refractivity contribution is 7.25. The van der Waals surface area contributed by atoms with Gasteiger partial charge in [0.25, 0.3) is 0 Å². The molecule has 0 aliphatic heterocycles. The van der Waals surface area contributed by atoms with Crippen LogP contribution in [0.1, 0.15) is 0 Å². The van der Waals surface area contributed by atoms with Gasteiger partial charge in [0.05, 0.1) is 0 Å². The molecule has 8 aromatic carbocycles. The number of para-hydroxylation sites is 1. The number of aromatic nitrogens is 1. The lowest BCUT2D eigenvalue weighted by Crippen LogP contribution is -2.09. The van der Waals surface area contributed by atoms with Gasteiger partial charge in [-0.25, -0.2) is 4.98 Å². The van der Waals surface area contributed by atoms with E-state index in [0.717, 1.165) is 55.3 Å². The Balaban J connectivity index is 1.25. The van der Waals surface area contributed by atoms with E-state index in [-0.39, 0.29) is 0 Å².